The zero-order valence-corrected chi connectivity index (χ0v) is 18.2. The van der Waals surface area contributed by atoms with E-state index in [0.29, 0.717) is 23.4 Å². The number of carbonyl (C=O) groups excluding carboxylic acids is 2. The molecule has 3 aliphatic rings. The van der Waals surface area contributed by atoms with Crippen LogP contribution >= 0.6 is 0 Å². The van der Waals surface area contributed by atoms with Crippen LogP contribution in [0.4, 0.5) is 0 Å². The number of esters is 2. The molecule has 7 rings (SSSR count). The van der Waals surface area contributed by atoms with Gasteiger partial charge in [0.2, 0.25) is 0 Å². The van der Waals surface area contributed by atoms with Gasteiger partial charge in [-0.1, -0.05) is 54.6 Å². The second kappa shape index (κ2) is 7.09. The zero-order valence-electron chi connectivity index (χ0n) is 18.2. The number of nitrogens with one attached hydrogen (secondary N) is 1. The van der Waals surface area contributed by atoms with Crippen LogP contribution in [-0.2, 0) is 15.9 Å². The fourth-order valence-corrected chi connectivity index (χ4v) is 5.50. The van der Waals surface area contributed by atoms with Gasteiger partial charge < -0.3 is 19.4 Å². The number of para-hydroxylation sites is 1. The van der Waals surface area contributed by atoms with Gasteiger partial charge in [0.05, 0.1) is 11.1 Å². The van der Waals surface area contributed by atoms with Crippen molar-refractivity contribution in [1.29, 1.82) is 0 Å². The van der Waals surface area contributed by atoms with Gasteiger partial charge in [-0.05, 0) is 30.2 Å². The van der Waals surface area contributed by atoms with E-state index in [1.165, 1.54) is 10.9 Å². The van der Waals surface area contributed by atoms with Crippen molar-refractivity contribution in [2.24, 2.45) is 0 Å². The molecule has 0 spiro atoms. The summed E-state index contributed by atoms with van der Waals surface area (Å²) in [7, 11) is 0. The lowest BCUT2D eigenvalue weighted by atomic mass is 9.90. The molecule has 1 aromatic heterocycles. The summed E-state index contributed by atoms with van der Waals surface area (Å²) < 4.78 is 11.6. The Hall–Kier alpha value is -4.32. The molecule has 4 heterocycles. The number of ether oxygens (including phenoxy) is 2. The van der Waals surface area contributed by atoms with Gasteiger partial charge in [0.25, 0.3) is 0 Å². The van der Waals surface area contributed by atoms with E-state index < -0.39 is 6.10 Å². The minimum Gasteiger partial charge on any atom is -0.451 e. The lowest BCUT2D eigenvalue weighted by Crippen LogP contribution is -2.35. The molecule has 6 nitrogen and oxygen atoms in total. The molecule has 0 radical (unpaired) electrons. The highest BCUT2D eigenvalue weighted by atomic mass is 16.6. The smallest absolute Gasteiger partial charge is 0.344 e. The summed E-state index contributed by atoms with van der Waals surface area (Å²) >= 11 is 0. The van der Waals surface area contributed by atoms with Crippen molar-refractivity contribution in [2.75, 3.05) is 6.54 Å². The number of fused-ring (bicyclic) bond motifs is 5. The molecule has 2 atom stereocenters. The largest absolute Gasteiger partial charge is 0.451 e. The molecule has 166 valence electrons. The van der Waals surface area contributed by atoms with E-state index in [-0.39, 0.29) is 18.0 Å². The third kappa shape index (κ3) is 2.68. The summed E-state index contributed by atoms with van der Waals surface area (Å²) in [6, 6.07) is 22.9. The second-order valence-corrected chi connectivity index (χ2v) is 8.84. The highest BCUT2D eigenvalue weighted by molar-refractivity contribution is 6.02. The number of hydrogen-bond donors (Lipinski definition) is 1. The molecule has 34 heavy (non-hydrogen) atoms. The van der Waals surface area contributed by atoms with Crippen molar-refractivity contribution < 1.29 is 19.1 Å². The predicted molar refractivity (Wildman–Crippen MR) is 126 cm³/mol. The average molecular weight is 448 g/mol. The Bertz CT molecular complexity index is 1530. The van der Waals surface area contributed by atoms with E-state index in [2.05, 4.69) is 22.0 Å². The molecule has 0 bridgehead atoms. The number of cyclic esters (lactones) is 2. The number of aromatic nitrogens is 1. The first kappa shape index (κ1) is 19.2. The molecule has 0 aliphatic carbocycles. The lowest BCUT2D eigenvalue weighted by molar-refractivity contribution is 0.0126. The van der Waals surface area contributed by atoms with Gasteiger partial charge in [0, 0.05) is 40.5 Å². The SMILES string of the molecule is O=C1O/C(=C\N2CCc3c([nH]c4ccccc34)[C@@H]2[C@@H]2OC(=O)c3ccccc32)c2ccccc21. The maximum absolute atomic E-state index is 12.7. The number of carbonyl (C=O) groups is 2. The van der Waals surface area contributed by atoms with Crippen LogP contribution in [-0.4, -0.2) is 28.4 Å². The van der Waals surface area contributed by atoms with Crippen LogP contribution in [0.5, 0.6) is 0 Å². The molecule has 6 heteroatoms. The van der Waals surface area contributed by atoms with Crippen LogP contribution in [0, 0.1) is 0 Å². The number of H-pyrrole nitrogens is 1. The first-order valence-electron chi connectivity index (χ1n) is 11.4. The summed E-state index contributed by atoms with van der Waals surface area (Å²) in [5.74, 6) is -0.142. The maximum Gasteiger partial charge on any atom is 0.344 e. The van der Waals surface area contributed by atoms with Crippen molar-refractivity contribution in [2.45, 2.75) is 18.6 Å². The maximum atomic E-state index is 12.7. The molecule has 4 aromatic rings. The Morgan fingerprint density at radius 1 is 0.853 bits per heavy atom. The van der Waals surface area contributed by atoms with E-state index >= 15 is 0 Å². The highest BCUT2D eigenvalue weighted by Crippen LogP contribution is 2.47. The van der Waals surface area contributed by atoms with Gasteiger partial charge in [-0.2, -0.15) is 0 Å². The predicted octanol–water partition coefficient (Wildman–Crippen LogP) is 5.15. The van der Waals surface area contributed by atoms with Crippen molar-refractivity contribution >= 4 is 28.6 Å². The summed E-state index contributed by atoms with van der Waals surface area (Å²) in [6.07, 6.45) is 2.23. The average Bonchev–Trinajstić information content (AvgIpc) is 3.51. The van der Waals surface area contributed by atoms with Crippen molar-refractivity contribution in [3.63, 3.8) is 0 Å². The molecule has 0 fully saturated rings. The molecular formula is C28H20N2O4. The van der Waals surface area contributed by atoms with Crippen LogP contribution in [0.25, 0.3) is 16.7 Å². The molecule has 1 N–H and O–H groups in total. The standard InChI is InChI=1S/C28H20N2O4/c31-27-20-10-3-1-8-17(20)23(33-27)15-30-14-13-18-16-7-5-6-12-22(16)29-24(18)25(30)26-19-9-2-4-11-21(19)28(32)34-26/h1-12,15,25-26,29H,13-14H2/b23-15-/t25-,26-/m1/s1. The zero-order chi connectivity index (χ0) is 22.8. The van der Waals surface area contributed by atoms with Gasteiger partial charge in [-0.3, -0.25) is 0 Å². The quantitative estimate of drug-likeness (QED) is 0.430. The Kier molecular flexibility index (Phi) is 4.00. The first-order chi connectivity index (χ1) is 16.7. The normalized spacial score (nSPS) is 21.9. The van der Waals surface area contributed by atoms with Crippen molar-refractivity contribution in [1.82, 2.24) is 9.88 Å². The van der Waals surface area contributed by atoms with E-state index in [1.807, 2.05) is 60.8 Å². The minimum absolute atomic E-state index is 0.289. The van der Waals surface area contributed by atoms with E-state index in [9.17, 15) is 9.59 Å². The lowest BCUT2D eigenvalue weighted by Gasteiger charge is -2.38. The molecule has 0 unspecified atom stereocenters. The number of aromatic amines is 1. The summed E-state index contributed by atoms with van der Waals surface area (Å²) in [5, 5.41) is 1.19. The molecule has 0 amide bonds. The van der Waals surface area contributed by atoms with Crippen LogP contribution in [0.3, 0.4) is 0 Å². The molecule has 0 saturated heterocycles. The molecular weight excluding hydrogens is 428 g/mol. The first-order valence-corrected chi connectivity index (χ1v) is 11.4. The van der Waals surface area contributed by atoms with Crippen LogP contribution in [0.1, 0.15) is 55.2 Å². The van der Waals surface area contributed by atoms with Gasteiger partial charge in [-0.15, -0.1) is 0 Å². The summed E-state index contributed by atoms with van der Waals surface area (Å²) in [6.45, 7) is 0.693. The monoisotopic (exact) mass is 448 g/mol. The van der Waals surface area contributed by atoms with Gasteiger partial charge >= 0.3 is 11.9 Å². The fraction of sp³-hybridized carbons (Fsp3) is 0.143. The van der Waals surface area contributed by atoms with Crippen LogP contribution < -0.4 is 0 Å². The molecule has 3 aliphatic heterocycles. The highest BCUT2D eigenvalue weighted by Gasteiger charge is 2.43. The third-order valence-corrected chi connectivity index (χ3v) is 7.03. The Balaban J connectivity index is 1.40. The van der Waals surface area contributed by atoms with Crippen LogP contribution in [0.15, 0.2) is 79.0 Å². The van der Waals surface area contributed by atoms with Gasteiger partial charge in [0.15, 0.2) is 11.9 Å². The van der Waals surface area contributed by atoms with Crippen LogP contribution in [0.2, 0.25) is 0 Å². The van der Waals surface area contributed by atoms with Gasteiger partial charge in [-0.25, -0.2) is 9.59 Å². The number of benzene rings is 3. The van der Waals surface area contributed by atoms with E-state index in [0.717, 1.165) is 28.8 Å². The fourth-order valence-electron chi connectivity index (χ4n) is 5.50. The topological polar surface area (TPSA) is 71.6 Å². The number of hydrogen-bond acceptors (Lipinski definition) is 5. The number of nitrogens with zero attached hydrogens (tertiary/aromatic N) is 1. The molecule has 0 saturated carbocycles. The Labute approximate surface area is 195 Å². The second-order valence-electron chi connectivity index (χ2n) is 8.84. The number of rotatable bonds is 2. The Morgan fingerprint density at radius 3 is 2.47 bits per heavy atom. The van der Waals surface area contributed by atoms with E-state index in [1.54, 1.807) is 6.07 Å². The third-order valence-electron chi connectivity index (χ3n) is 7.03. The van der Waals surface area contributed by atoms with Crippen molar-refractivity contribution in [3.05, 3.63) is 113 Å². The van der Waals surface area contributed by atoms with Crippen molar-refractivity contribution in [3.8, 4) is 0 Å². The summed E-state index contributed by atoms with van der Waals surface area (Å²) in [4.78, 5) is 30.9. The molecule has 3 aromatic carbocycles. The summed E-state index contributed by atoms with van der Waals surface area (Å²) in [5.41, 5.74) is 6.12. The Morgan fingerprint density at radius 2 is 1.59 bits per heavy atom. The van der Waals surface area contributed by atoms with Gasteiger partial charge in [0.1, 0.15) is 6.04 Å². The minimum atomic E-state index is -0.486. The van der Waals surface area contributed by atoms with E-state index in [4.69, 9.17) is 9.47 Å².